The van der Waals surface area contributed by atoms with Crippen LogP contribution < -0.4 is 10.6 Å². The van der Waals surface area contributed by atoms with E-state index >= 15 is 0 Å². The first-order valence-corrected chi connectivity index (χ1v) is 9.91. The molecule has 0 bridgehead atoms. The Bertz CT molecular complexity index is 846. The summed E-state index contributed by atoms with van der Waals surface area (Å²) < 4.78 is 0. The Morgan fingerprint density at radius 3 is 2.67 bits per heavy atom. The molecule has 0 radical (unpaired) electrons. The molecule has 0 fully saturated rings. The van der Waals surface area contributed by atoms with E-state index in [9.17, 15) is 9.59 Å². The highest BCUT2D eigenvalue weighted by Crippen LogP contribution is 2.39. The molecule has 0 spiro atoms. The molecular formula is C23H30N2O2. The van der Waals surface area contributed by atoms with Crippen molar-refractivity contribution in [2.75, 3.05) is 5.32 Å². The summed E-state index contributed by atoms with van der Waals surface area (Å²) in [5, 5.41) is 6.47. The maximum Gasteiger partial charge on any atom is 0.253 e. The summed E-state index contributed by atoms with van der Waals surface area (Å²) in [4.78, 5) is 26.0. The number of amides is 1. The summed E-state index contributed by atoms with van der Waals surface area (Å²) in [6.45, 7) is 10.3. The topological polar surface area (TPSA) is 58.2 Å². The van der Waals surface area contributed by atoms with Gasteiger partial charge >= 0.3 is 0 Å². The van der Waals surface area contributed by atoms with Crippen LogP contribution in [0, 0.1) is 25.7 Å². The van der Waals surface area contributed by atoms with E-state index in [4.69, 9.17) is 0 Å². The van der Waals surface area contributed by atoms with Crippen LogP contribution in [0.25, 0.3) is 0 Å². The minimum absolute atomic E-state index is 0.107. The van der Waals surface area contributed by atoms with Gasteiger partial charge < -0.3 is 10.6 Å². The fourth-order valence-electron chi connectivity index (χ4n) is 4.21. The third kappa shape index (κ3) is 3.85. The molecule has 1 aromatic rings. The Labute approximate surface area is 162 Å². The van der Waals surface area contributed by atoms with Gasteiger partial charge in [0, 0.05) is 40.6 Å². The first-order valence-electron chi connectivity index (χ1n) is 9.91. The van der Waals surface area contributed by atoms with E-state index in [1.807, 2.05) is 39.0 Å². The second kappa shape index (κ2) is 7.71. The van der Waals surface area contributed by atoms with Crippen molar-refractivity contribution in [2.24, 2.45) is 11.8 Å². The average molecular weight is 367 g/mol. The number of Topliss-reactive ketones (excluding diaryl/α,β-unsaturated/α-hetero) is 1. The molecule has 2 aliphatic rings. The number of nitrogens with one attached hydrogen (secondary N) is 2. The van der Waals surface area contributed by atoms with Crippen LogP contribution in [0.5, 0.6) is 0 Å². The number of rotatable bonds is 4. The maximum absolute atomic E-state index is 13.3. The quantitative estimate of drug-likeness (QED) is 0.805. The summed E-state index contributed by atoms with van der Waals surface area (Å²) in [5.74, 6) is 0.357. The maximum atomic E-state index is 13.3. The highest BCUT2D eigenvalue weighted by molar-refractivity contribution is 6.08. The summed E-state index contributed by atoms with van der Waals surface area (Å²) in [6, 6.07) is 5.92. The lowest BCUT2D eigenvalue weighted by atomic mass is 9.75. The van der Waals surface area contributed by atoms with Gasteiger partial charge in [0.1, 0.15) is 0 Å². The van der Waals surface area contributed by atoms with Crippen molar-refractivity contribution in [1.29, 1.82) is 0 Å². The van der Waals surface area contributed by atoms with Crippen LogP contribution >= 0.6 is 0 Å². The summed E-state index contributed by atoms with van der Waals surface area (Å²) in [6.07, 6.45) is 3.16. The fourth-order valence-corrected chi connectivity index (χ4v) is 4.21. The van der Waals surface area contributed by atoms with E-state index in [1.165, 1.54) is 0 Å². The molecule has 1 amide bonds. The van der Waals surface area contributed by atoms with Gasteiger partial charge in [0.15, 0.2) is 5.78 Å². The van der Waals surface area contributed by atoms with Crippen molar-refractivity contribution in [2.45, 2.75) is 60.3 Å². The smallest absolute Gasteiger partial charge is 0.253 e. The van der Waals surface area contributed by atoms with Gasteiger partial charge in [-0.1, -0.05) is 26.0 Å². The zero-order valence-electron chi connectivity index (χ0n) is 17.0. The number of anilines is 1. The van der Waals surface area contributed by atoms with Gasteiger partial charge in [0.05, 0.1) is 0 Å². The van der Waals surface area contributed by atoms with Crippen molar-refractivity contribution in [1.82, 2.24) is 5.32 Å². The Balaban J connectivity index is 1.97. The second-order valence-electron chi connectivity index (χ2n) is 8.22. The van der Waals surface area contributed by atoms with Crippen LogP contribution in [-0.4, -0.2) is 11.7 Å². The standard InChI is InChI=1S/C23H30N2O2/c1-13(2)12-17-21(16(5)24-19-10-7-11-20(26)22(17)19)23(27)25-18-9-6-8-14(3)15(18)4/h6,8-9,13,17,24H,7,10-12H2,1-5H3,(H,25,27). The molecule has 144 valence electrons. The Kier molecular flexibility index (Phi) is 5.54. The first-order chi connectivity index (χ1) is 12.8. The number of ketones is 1. The molecule has 4 heteroatoms. The molecule has 27 heavy (non-hydrogen) atoms. The second-order valence-corrected chi connectivity index (χ2v) is 8.22. The van der Waals surface area contributed by atoms with Crippen LogP contribution in [0.4, 0.5) is 5.69 Å². The molecular weight excluding hydrogens is 336 g/mol. The van der Waals surface area contributed by atoms with Gasteiger partial charge in [-0.2, -0.15) is 0 Å². The van der Waals surface area contributed by atoms with E-state index < -0.39 is 0 Å². The normalized spacial score (nSPS) is 19.9. The number of carbonyl (C=O) groups is 2. The van der Waals surface area contributed by atoms with Gasteiger partial charge in [-0.05, 0) is 63.1 Å². The van der Waals surface area contributed by atoms with Crippen LogP contribution in [0.1, 0.15) is 57.6 Å². The summed E-state index contributed by atoms with van der Waals surface area (Å²) >= 11 is 0. The number of benzene rings is 1. The lowest BCUT2D eigenvalue weighted by Gasteiger charge is -2.35. The zero-order chi connectivity index (χ0) is 19.7. The van der Waals surface area contributed by atoms with E-state index in [-0.39, 0.29) is 17.6 Å². The fraction of sp³-hybridized carbons (Fsp3) is 0.478. The summed E-state index contributed by atoms with van der Waals surface area (Å²) in [5.41, 5.74) is 6.49. The minimum Gasteiger partial charge on any atom is -0.362 e. The SMILES string of the molecule is CC1=C(C(=O)Nc2cccc(C)c2C)C(CC(C)C)C2=C(CCCC2=O)N1. The number of dihydropyridines is 1. The van der Waals surface area contributed by atoms with E-state index in [1.54, 1.807) is 0 Å². The third-order valence-corrected chi connectivity index (χ3v) is 5.70. The Morgan fingerprint density at radius 2 is 1.96 bits per heavy atom. The number of carbonyl (C=O) groups excluding carboxylic acids is 2. The number of aryl methyl sites for hydroxylation is 1. The molecule has 1 aliphatic carbocycles. The lowest BCUT2D eigenvalue weighted by Crippen LogP contribution is -2.37. The van der Waals surface area contributed by atoms with Crippen molar-refractivity contribution < 1.29 is 9.59 Å². The Hall–Kier alpha value is -2.36. The monoisotopic (exact) mass is 366 g/mol. The third-order valence-electron chi connectivity index (χ3n) is 5.70. The first kappa shape index (κ1) is 19.4. The molecule has 1 unspecified atom stereocenters. The van der Waals surface area contributed by atoms with Crippen LogP contribution in [0.15, 0.2) is 40.7 Å². The van der Waals surface area contributed by atoms with E-state index in [2.05, 4.69) is 24.5 Å². The van der Waals surface area contributed by atoms with Crippen molar-refractivity contribution in [3.05, 3.63) is 51.9 Å². The van der Waals surface area contributed by atoms with E-state index in [0.29, 0.717) is 17.9 Å². The lowest BCUT2D eigenvalue weighted by molar-refractivity contribution is -0.116. The molecule has 2 N–H and O–H groups in total. The van der Waals surface area contributed by atoms with Crippen molar-refractivity contribution >= 4 is 17.4 Å². The Morgan fingerprint density at radius 1 is 1.22 bits per heavy atom. The highest BCUT2D eigenvalue weighted by atomic mass is 16.2. The van der Waals surface area contributed by atoms with Gasteiger partial charge in [0.25, 0.3) is 5.91 Å². The molecule has 1 aliphatic heterocycles. The molecule has 1 aromatic carbocycles. The van der Waals surface area contributed by atoms with Crippen LogP contribution in [0.2, 0.25) is 0 Å². The predicted octanol–water partition coefficient (Wildman–Crippen LogP) is 4.79. The largest absolute Gasteiger partial charge is 0.362 e. The zero-order valence-corrected chi connectivity index (χ0v) is 17.0. The molecule has 0 saturated carbocycles. The van der Waals surface area contributed by atoms with Gasteiger partial charge in [-0.3, -0.25) is 9.59 Å². The molecule has 3 rings (SSSR count). The molecule has 0 saturated heterocycles. The number of hydrogen-bond acceptors (Lipinski definition) is 3. The highest BCUT2D eigenvalue weighted by Gasteiger charge is 2.37. The van der Waals surface area contributed by atoms with Gasteiger partial charge in [0.2, 0.25) is 0 Å². The predicted molar refractivity (Wildman–Crippen MR) is 109 cm³/mol. The van der Waals surface area contributed by atoms with Gasteiger partial charge in [-0.25, -0.2) is 0 Å². The molecule has 1 heterocycles. The van der Waals surface area contributed by atoms with Crippen LogP contribution in [-0.2, 0) is 9.59 Å². The van der Waals surface area contributed by atoms with Crippen LogP contribution in [0.3, 0.4) is 0 Å². The van der Waals surface area contributed by atoms with Gasteiger partial charge in [-0.15, -0.1) is 0 Å². The van der Waals surface area contributed by atoms with E-state index in [0.717, 1.165) is 53.0 Å². The number of allylic oxidation sites excluding steroid dienone is 3. The number of hydrogen-bond donors (Lipinski definition) is 2. The minimum atomic E-state index is -0.126. The van der Waals surface area contributed by atoms with Crippen molar-refractivity contribution in [3.8, 4) is 0 Å². The van der Waals surface area contributed by atoms with Crippen molar-refractivity contribution in [3.63, 3.8) is 0 Å². The molecule has 0 aromatic heterocycles. The average Bonchev–Trinajstić information content (AvgIpc) is 2.58. The summed E-state index contributed by atoms with van der Waals surface area (Å²) in [7, 11) is 0. The molecule has 4 nitrogen and oxygen atoms in total. The molecule has 1 atom stereocenters.